The number of carbonyl (C=O) groups excluding carboxylic acids is 1. The van der Waals surface area contributed by atoms with Crippen LogP contribution in [-0.2, 0) is 14.8 Å². The average Bonchev–Trinajstić information content (AvgIpc) is 2.69. The van der Waals surface area contributed by atoms with Gasteiger partial charge in [-0.15, -0.1) is 0 Å². The van der Waals surface area contributed by atoms with Gasteiger partial charge in [0.05, 0.1) is 4.90 Å². The monoisotopic (exact) mass is 465 g/mol. The van der Waals surface area contributed by atoms with Crippen LogP contribution in [0.3, 0.4) is 0 Å². The van der Waals surface area contributed by atoms with Crippen molar-refractivity contribution in [2.45, 2.75) is 30.6 Å². The fourth-order valence-corrected chi connectivity index (χ4v) is 5.20. The number of nitrogens with one attached hydrogen (secondary N) is 2. The van der Waals surface area contributed by atoms with Crippen molar-refractivity contribution in [3.63, 3.8) is 0 Å². The number of hydrogen-bond acceptors (Lipinski definition) is 4. The number of benzene rings is 2. The number of halogens is 1. The Kier molecular flexibility index (Phi) is 7.09. The lowest BCUT2D eigenvalue weighted by molar-refractivity contribution is -0.116. The minimum Gasteiger partial charge on any atom is -0.372 e. The number of hydrogen-bond donors (Lipinski definition) is 2. The highest BCUT2D eigenvalue weighted by atomic mass is 79.9. The van der Waals surface area contributed by atoms with E-state index in [2.05, 4.69) is 30.9 Å². The molecule has 0 aliphatic carbocycles. The van der Waals surface area contributed by atoms with E-state index in [4.69, 9.17) is 0 Å². The summed E-state index contributed by atoms with van der Waals surface area (Å²) in [7, 11) is -3.66. The van der Waals surface area contributed by atoms with Crippen LogP contribution in [0, 0.1) is 0 Å². The smallest absolute Gasteiger partial charge is 0.241 e. The van der Waals surface area contributed by atoms with Crippen molar-refractivity contribution in [1.29, 1.82) is 0 Å². The highest BCUT2D eigenvalue weighted by molar-refractivity contribution is 9.10. The van der Waals surface area contributed by atoms with E-state index in [9.17, 15) is 13.2 Å². The standard InChI is InChI=1S/C20H24BrN3O3S/c21-18-6-2-3-7-19(18)28(26,27)22-13-12-20(25)23-16-8-10-17(11-9-16)24-14-4-1-5-15-24/h2-3,6-11,22H,1,4-5,12-15H2,(H,23,25). The van der Waals surface area contributed by atoms with E-state index in [1.165, 1.54) is 31.0 Å². The molecule has 1 heterocycles. The lowest BCUT2D eigenvalue weighted by Crippen LogP contribution is -2.29. The van der Waals surface area contributed by atoms with Gasteiger partial charge in [0, 0.05) is 41.9 Å². The molecule has 1 aliphatic heterocycles. The molecule has 8 heteroatoms. The molecule has 2 aromatic carbocycles. The van der Waals surface area contributed by atoms with Crippen LogP contribution < -0.4 is 14.9 Å². The van der Waals surface area contributed by atoms with Gasteiger partial charge in [-0.25, -0.2) is 13.1 Å². The highest BCUT2D eigenvalue weighted by Crippen LogP contribution is 2.22. The summed E-state index contributed by atoms with van der Waals surface area (Å²) < 4.78 is 27.6. The molecular weight excluding hydrogens is 442 g/mol. The SMILES string of the molecule is O=C(CCNS(=O)(=O)c1ccccc1Br)Nc1ccc(N2CCCCC2)cc1. The summed E-state index contributed by atoms with van der Waals surface area (Å²) in [5.41, 5.74) is 1.87. The normalized spacial score (nSPS) is 14.7. The van der Waals surface area contributed by atoms with Crippen molar-refractivity contribution >= 4 is 43.2 Å². The van der Waals surface area contributed by atoms with Crippen molar-refractivity contribution in [3.05, 3.63) is 53.0 Å². The Morgan fingerprint density at radius 2 is 1.68 bits per heavy atom. The second-order valence-corrected chi connectivity index (χ2v) is 9.31. The summed E-state index contributed by atoms with van der Waals surface area (Å²) in [5.74, 6) is -0.236. The molecule has 0 atom stereocenters. The van der Waals surface area contributed by atoms with Gasteiger partial charge in [0.15, 0.2) is 0 Å². The zero-order valence-electron chi connectivity index (χ0n) is 15.5. The van der Waals surface area contributed by atoms with E-state index in [0.29, 0.717) is 10.2 Å². The lowest BCUT2D eigenvalue weighted by Gasteiger charge is -2.28. The van der Waals surface area contributed by atoms with Gasteiger partial charge in [-0.1, -0.05) is 12.1 Å². The second kappa shape index (κ2) is 9.54. The van der Waals surface area contributed by atoms with Gasteiger partial charge in [0.2, 0.25) is 15.9 Å². The van der Waals surface area contributed by atoms with Crippen LogP contribution >= 0.6 is 15.9 Å². The first-order valence-electron chi connectivity index (χ1n) is 9.35. The minimum atomic E-state index is -3.66. The topological polar surface area (TPSA) is 78.5 Å². The number of piperidine rings is 1. The van der Waals surface area contributed by atoms with Gasteiger partial charge >= 0.3 is 0 Å². The molecule has 2 aromatic rings. The van der Waals surface area contributed by atoms with Crippen LogP contribution in [0.4, 0.5) is 11.4 Å². The first-order chi connectivity index (χ1) is 13.5. The number of rotatable bonds is 7. The molecule has 1 aliphatic rings. The van der Waals surface area contributed by atoms with Gasteiger partial charge < -0.3 is 10.2 Å². The molecule has 1 saturated heterocycles. The van der Waals surface area contributed by atoms with Gasteiger partial charge in [-0.2, -0.15) is 0 Å². The molecule has 150 valence electrons. The fraction of sp³-hybridized carbons (Fsp3) is 0.350. The van der Waals surface area contributed by atoms with Crippen molar-refractivity contribution in [1.82, 2.24) is 4.72 Å². The third-order valence-corrected chi connectivity index (χ3v) is 7.12. The van der Waals surface area contributed by atoms with Crippen molar-refractivity contribution in [2.75, 3.05) is 29.9 Å². The van der Waals surface area contributed by atoms with Crippen LogP contribution in [-0.4, -0.2) is 34.0 Å². The zero-order chi connectivity index (χ0) is 20.0. The van der Waals surface area contributed by atoms with Crippen LogP contribution in [0.15, 0.2) is 57.9 Å². The molecular formula is C20H24BrN3O3S. The summed E-state index contributed by atoms with van der Waals surface area (Å²) in [4.78, 5) is 14.6. The van der Waals surface area contributed by atoms with Crippen molar-refractivity contribution in [3.8, 4) is 0 Å². The Morgan fingerprint density at radius 1 is 1.00 bits per heavy atom. The van der Waals surface area contributed by atoms with Gasteiger partial charge in [0.1, 0.15) is 0 Å². The van der Waals surface area contributed by atoms with E-state index in [1.807, 2.05) is 24.3 Å². The van der Waals surface area contributed by atoms with E-state index in [0.717, 1.165) is 13.1 Å². The van der Waals surface area contributed by atoms with Crippen LogP contribution in [0.5, 0.6) is 0 Å². The Hall–Kier alpha value is -1.90. The minimum absolute atomic E-state index is 0.0291. The van der Waals surface area contributed by atoms with Crippen LogP contribution in [0.2, 0.25) is 0 Å². The molecule has 1 fully saturated rings. The quantitative estimate of drug-likeness (QED) is 0.652. The molecule has 6 nitrogen and oxygen atoms in total. The molecule has 1 amide bonds. The van der Waals surface area contributed by atoms with Gasteiger partial charge in [-0.3, -0.25) is 4.79 Å². The summed E-state index contributed by atoms with van der Waals surface area (Å²) in [6, 6.07) is 14.4. The molecule has 2 N–H and O–H groups in total. The largest absolute Gasteiger partial charge is 0.372 e. The number of amides is 1. The predicted octanol–water partition coefficient (Wildman–Crippen LogP) is 3.75. The molecule has 0 unspecified atom stereocenters. The van der Waals surface area contributed by atoms with Crippen LogP contribution in [0.1, 0.15) is 25.7 Å². The first-order valence-corrected chi connectivity index (χ1v) is 11.6. The van der Waals surface area contributed by atoms with Gasteiger partial charge in [0.25, 0.3) is 0 Å². The Labute approximate surface area is 174 Å². The predicted molar refractivity (Wildman–Crippen MR) is 115 cm³/mol. The third kappa shape index (κ3) is 5.56. The summed E-state index contributed by atoms with van der Waals surface area (Å²) in [6.45, 7) is 2.17. The Morgan fingerprint density at radius 3 is 2.36 bits per heavy atom. The van der Waals surface area contributed by atoms with E-state index < -0.39 is 10.0 Å². The molecule has 3 rings (SSSR count). The number of sulfonamides is 1. The molecule has 0 saturated carbocycles. The highest BCUT2D eigenvalue weighted by Gasteiger charge is 2.17. The second-order valence-electron chi connectivity index (χ2n) is 6.72. The maximum absolute atomic E-state index is 12.3. The summed E-state index contributed by atoms with van der Waals surface area (Å²) >= 11 is 3.23. The maximum Gasteiger partial charge on any atom is 0.241 e. The van der Waals surface area contributed by atoms with Crippen molar-refractivity contribution in [2.24, 2.45) is 0 Å². The first kappa shape index (κ1) is 20.8. The molecule has 0 bridgehead atoms. The Balaban J connectivity index is 1.48. The van der Waals surface area contributed by atoms with Crippen LogP contribution in [0.25, 0.3) is 0 Å². The molecule has 0 spiro atoms. The number of carbonyl (C=O) groups is 1. The third-order valence-electron chi connectivity index (χ3n) is 4.64. The maximum atomic E-state index is 12.3. The number of anilines is 2. The lowest BCUT2D eigenvalue weighted by atomic mass is 10.1. The Bertz CT molecular complexity index is 911. The average molecular weight is 466 g/mol. The summed E-state index contributed by atoms with van der Waals surface area (Å²) in [5, 5.41) is 2.81. The fourth-order valence-electron chi connectivity index (χ4n) is 3.17. The van der Waals surface area contributed by atoms with Gasteiger partial charge in [-0.05, 0) is 71.6 Å². The van der Waals surface area contributed by atoms with E-state index >= 15 is 0 Å². The van der Waals surface area contributed by atoms with E-state index in [-0.39, 0.29) is 23.8 Å². The molecule has 28 heavy (non-hydrogen) atoms. The zero-order valence-corrected chi connectivity index (χ0v) is 17.9. The molecule has 0 radical (unpaired) electrons. The number of nitrogens with zero attached hydrogens (tertiary/aromatic N) is 1. The van der Waals surface area contributed by atoms with E-state index in [1.54, 1.807) is 18.2 Å². The van der Waals surface area contributed by atoms with Crippen molar-refractivity contribution < 1.29 is 13.2 Å². The molecule has 0 aromatic heterocycles. The summed E-state index contributed by atoms with van der Waals surface area (Å²) in [6.07, 6.45) is 3.77.